The molecular formula is C15H22N2OS. The van der Waals surface area contributed by atoms with Crippen molar-refractivity contribution in [2.75, 3.05) is 13.6 Å². The maximum atomic E-state index is 11.9. The van der Waals surface area contributed by atoms with E-state index in [0.717, 1.165) is 25.8 Å². The third kappa shape index (κ3) is 3.98. The number of hydrogen-bond donors (Lipinski definition) is 2. The Bertz CT molecular complexity index is 419. The molecule has 0 radical (unpaired) electrons. The molecule has 1 amide bonds. The molecule has 0 saturated carbocycles. The van der Waals surface area contributed by atoms with Crippen LogP contribution in [0.5, 0.6) is 0 Å². The number of nitrogens with one attached hydrogen (secondary N) is 2. The predicted molar refractivity (Wildman–Crippen MR) is 80.4 cm³/mol. The van der Waals surface area contributed by atoms with Gasteiger partial charge in [0.25, 0.3) is 0 Å². The number of rotatable bonds is 4. The van der Waals surface area contributed by atoms with E-state index in [1.807, 2.05) is 7.05 Å². The van der Waals surface area contributed by atoms with Crippen molar-refractivity contribution in [1.29, 1.82) is 0 Å². The van der Waals surface area contributed by atoms with Crippen LogP contribution in [-0.2, 0) is 4.79 Å². The summed E-state index contributed by atoms with van der Waals surface area (Å²) < 4.78 is 0. The lowest BCUT2D eigenvalue weighted by Crippen LogP contribution is -2.30. The number of benzene rings is 1. The molecular weight excluding hydrogens is 256 g/mol. The number of carbonyl (C=O) groups is 1. The van der Waals surface area contributed by atoms with Gasteiger partial charge in [-0.3, -0.25) is 4.79 Å². The van der Waals surface area contributed by atoms with Gasteiger partial charge in [-0.15, -0.1) is 11.8 Å². The Morgan fingerprint density at radius 3 is 2.74 bits per heavy atom. The van der Waals surface area contributed by atoms with Crippen LogP contribution < -0.4 is 10.6 Å². The standard InChI is InChI=1S/C15H22N2OS/c1-11(16-2)12-6-8-13(9-7-12)19-14-5-3-4-10-17-15(14)18/h6-9,11,14,16H,3-5,10H2,1-2H3,(H,17,18). The molecule has 0 spiro atoms. The molecule has 0 bridgehead atoms. The third-order valence-electron chi connectivity index (χ3n) is 3.58. The Labute approximate surface area is 119 Å². The minimum Gasteiger partial charge on any atom is -0.355 e. The summed E-state index contributed by atoms with van der Waals surface area (Å²) in [6.07, 6.45) is 3.21. The molecule has 1 fully saturated rings. The van der Waals surface area contributed by atoms with Crippen molar-refractivity contribution in [2.24, 2.45) is 0 Å². The zero-order valence-electron chi connectivity index (χ0n) is 11.6. The normalized spacial score (nSPS) is 21.6. The van der Waals surface area contributed by atoms with E-state index >= 15 is 0 Å². The molecule has 1 aliphatic heterocycles. The molecule has 2 N–H and O–H groups in total. The molecule has 1 aromatic carbocycles. The molecule has 1 saturated heterocycles. The maximum Gasteiger partial charge on any atom is 0.233 e. The SMILES string of the molecule is CNC(C)c1ccc(SC2CCCCNC2=O)cc1. The first-order chi connectivity index (χ1) is 9.20. The number of carbonyl (C=O) groups excluding carboxylic acids is 1. The maximum absolute atomic E-state index is 11.9. The average Bonchev–Trinajstić information content (AvgIpc) is 2.64. The van der Waals surface area contributed by atoms with Crippen LogP contribution in [0.4, 0.5) is 0 Å². The highest BCUT2D eigenvalue weighted by Crippen LogP contribution is 2.29. The first-order valence-corrected chi connectivity index (χ1v) is 7.80. The lowest BCUT2D eigenvalue weighted by Gasteiger charge is -2.14. The van der Waals surface area contributed by atoms with Gasteiger partial charge >= 0.3 is 0 Å². The van der Waals surface area contributed by atoms with Gasteiger partial charge in [0.1, 0.15) is 0 Å². The molecule has 1 aliphatic rings. The van der Waals surface area contributed by atoms with Crippen LogP contribution in [0, 0.1) is 0 Å². The van der Waals surface area contributed by atoms with Gasteiger partial charge in [-0.25, -0.2) is 0 Å². The summed E-state index contributed by atoms with van der Waals surface area (Å²) in [5.41, 5.74) is 1.28. The fourth-order valence-corrected chi connectivity index (χ4v) is 3.29. The molecule has 2 unspecified atom stereocenters. The Balaban J connectivity index is 2.00. The fraction of sp³-hybridized carbons (Fsp3) is 0.533. The van der Waals surface area contributed by atoms with E-state index in [9.17, 15) is 4.79 Å². The second-order valence-electron chi connectivity index (χ2n) is 4.97. The molecule has 4 heteroatoms. The largest absolute Gasteiger partial charge is 0.355 e. The van der Waals surface area contributed by atoms with Gasteiger partial charge in [0.2, 0.25) is 5.91 Å². The smallest absolute Gasteiger partial charge is 0.233 e. The lowest BCUT2D eigenvalue weighted by atomic mass is 10.1. The van der Waals surface area contributed by atoms with Crippen LogP contribution in [0.25, 0.3) is 0 Å². The van der Waals surface area contributed by atoms with Gasteiger partial charge in [-0.2, -0.15) is 0 Å². The summed E-state index contributed by atoms with van der Waals surface area (Å²) in [7, 11) is 1.96. The van der Waals surface area contributed by atoms with Gasteiger partial charge in [0.05, 0.1) is 5.25 Å². The summed E-state index contributed by atoms with van der Waals surface area (Å²) in [6.45, 7) is 2.97. The van der Waals surface area contributed by atoms with Gasteiger partial charge < -0.3 is 10.6 Å². The number of thioether (sulfide) groups is 1. The third-order valence-corrected chi connectivity index (χ3v) is 4.85. The lowest BCUT2D eigenvalue weighted by molar-refractivity contribution is -0.120. The van der Waals surface area contributed by atoms with E-state index < -0.39 is 0 Å². The van der Waals surface area contributed by atoms with E-state index in [0.29, 0.717) is 6.04 Å². The van der Waals surface area contributed by atoms with Crippen LogP contribution in [0.15, 0.2) is 29.2 Å². The second-order valence-corrected chi connectivity index (χ2v) is 6.25. The summed E-state index contributed by atoms with van der Waals surface area (Å²) in [4.78, 5) is 13.1. The molecule has 19 heavy (non-hydrogen) atoms. The minimum atomic E-state index is 0.0649. The zero-order chi connectivity index (χ0) is 13.7. The van der Waals surface area contributed by atoms with E-state index in [2.05, 4.69) is 41.8 Å². The fourth-order valence-electron chi connectivity index (χ4n) is 2.19. The van der Waals surface area contributed by atoms with E-state index in [4.69, 9.17) is 0 Å². The molecule has 0 aliphatic carbocycles. The van der Waals surface area contributed by atoms with E-state index in [1.54, 1.807) is 11.8 Å². The summed E-state index contributed by atoms with van der Waals surface area (Å²) in [5.74, 6) is 0.190. The van der Waals surface area contributed by atoms with Crippen molar-refractivity contribution in [2.45, 2.75) is 42.4 Å². The minimum absolute atomic E-state index is 0.0649. The molecule has 1 aromatic rings. The highest BCUT2D eigenvalue weighted by molar-refractivity contribution is 8.00. The highest BCUT2D eigenvalue weighted by Gasteiger charge is 2.21. The highest BCUT2D eigenvalue weighted by atomic mass is 32.2. The molecule has 2 rings (SSSR count). The average molecular weight is 278 g/mol. The molecule has 3 nitrogen and oxygen atoms in total. The Morgan fingerprint density at radius 1 is 1.32 bits per heavy atom. The first-order valence-electron chi connectivity index (χ1n) is 6.92. The first kappa shape index (κ1) is 14.4. The van der Waals surface area contributed by atoms with Crippen molar-refractivity contribution in [3.05, 3.63) is 29.8 Å². The van der Waals surface area contributed by atoms with Crippen LogP contribution in [0.1, 0.15) is 37.8 Å². The summed E-state index contributed by atoms with van der Waals surface area (Å²) >= 11 is 1.68. The van der Waals surface area contributed by atoms with Crippen molar-refractivity contribution in [3.8, 4) is 0 Å². The van der Waals surface area contributed by atoms with Crippen LogP contribution >= 0.6 is 11.8 Å². The molecule has 104 valence electrons. The predicted octanol–water partition coefficient (Wildman–Crippen LogP) is 2.73. The number of hydrogen-bond acceptors (Lipinski definition) is 3. The van der Waals surface area contributed by atoms with Gasteiger partial charge in [-0.05, 0) is 44.5 Å². The molecule has 0 aromatic heterocycles. The number of amides is 1. The van der Waals surface area contributed by atoms with E-state index in [-0.39, 0.29) is 11.2 Å². The van der Waals surface area contributed by atoms with E-state index in [1.165, 1.54) is 10.5 Å². The van der Waals surface area contributed by atoms with Crippen LogP contribution in [0.3, 0.4) is 0 Å². The van der Waals surface area contributed by atoms with Crippen molar-refractivity contribution in [1.82, 2.24) is 10.6 Å². The Kier molecular flexibility index (Phi) is 5.28. The molecule has 2 atom stereocenters. The van der Waals surface area contributed by atoms with Crippen LogP contribution in [-0.4, -0.2) is 24.7 Å². The van der Waals surface area contributed by atoms with Crippen molar-refractivity contribution >= 4 is 17.7 Å². The van der Waals surface area contributed by atoms with Crippen LogP contribution in [0.2, 0.25) is 0 Å². The zero-order valence-corrected chi connectivity index (χ0v) is 12.4. The summed E-state index contributed by atoms with van der Waals surface area (Å²) in [5, 5.41) is 6.28. The van der Waals surface area contributed by atoms with Crippen molar-refractivity contribution < 1.29 is 4.79 Å². The van der Waals surface area contributed by atoms with Gasteiger partial charge in [0, 0.05) is 17.5 Å². The topological polar surface area (TPSA) is 41.1 Å². The summed E-state index contributed by atoms with van der Waals surface area (Å²) in [6, 6.07) is 8.87. The second kappa shape index (κ2) is 6.96. The van der Waals surface area contributed by atoms with Crippen molar-refractivity contribution in [3.63, 3.8) is 0 Å². The monoisotopic (exact) mass is 278 g/mol. The Morgan fingerprint density at radius 2 is 2.05 bits per heavy atom. The van der Waals surface area contributed by atoms with Gasteiger partial charge in [0.15, 0.2) is 0 Å². The van der Waals surface area contributed by atoms with Gasteiger partial charge in [-0.1, -0.05) is 18.6 Å². The molecule has 1 heterocycles. The Hall–Kier alpha value is -1.00. The quantitative estimate of drug-likeness (QED) is 0.890.